The molecule has 0 fully saturated rings. The third-order valence-corrected chi connectivity index (χ3v) is 6.05. The second-order valence-electron chi connectivity index (χ2n) is 6.50. The molecule has 2 aliphatic heterocycles. The van der Waals surface area contributed by atoms with Gasteiger partial charge in [0.25, 0.3) is 5.91 Å². The van der Waals surface area contributed by atoms with Gasteiger partial charge < -0.3 is 25.0 Å². The van der Waals surface area contributed by atoms with E-state index in [1.165, 1.54) is 15.3 Å². The molecule has 0 aliphatic carbocycles. The van der Waals surface area contributed by atoms with Crippen molar-refractivity contribution in [2.24, 2.45) is 0 Å². The van der Waals surface area contributed by atoms with Crippen molar-refractivity contribution >= 4 is 22.2 Å². The molecule has 2 aliphatic rings. The third kappa shape index (κ3) is 2.73. The van der Waals surface area contributed by atoms with Gasteiger partial charge in [-0.25, -0.2) is 0 Å². The molecule has 0 saturated heterocycles. The van der Waals surface area contributed by atoms with Gasteiger partial charge >= 0.3 is 0 Å². The molecule has 7 heteroatoms. The summed E-state index contributed by atoms with van der Waals surface area (Å²) in [6.07, 6.45) is 0.643. The Morgan fingerprint density at radius 1 is 1.24 bits per heavy atom. The highest BCUT2D eigenvalue weighted by atomic mass is 32.1. The van der Waals surface area contributed by atoms with E-state index in [1.807, 2.05) is 18.2 Å². The molecule has 1 amide bonds. The first kappa shape index (κ1) is 16.2. The van der Waals surface area contributed by atoms with Crippen molar-refractivity contribution in [1.82, 2.24) is 5.32 Å². The predicted octanol–water partition coefficient (Wildman–Crippen LogP) is 1.19. The maximum atomic E-state index is 12.8. The fourth-order valence-corrected chi connectivity index (χ4v) is 4.93. The van der Waals surface area contributed by atoms with Gasteiger partial charge in [-0.15, -0.1) is 11.3 Å². The Hall–Kier alpha value is -2.25. The molecule has 1 aromatic heterocycles. The van der Waals surface area contributed by atoms with E-state index in [4.69, 9.17) is 9.47 Å². The zero-order valence-electron chi connectivity index (χ0n) is 14.6. The summed E-state index contributed by atoms with van der Waals surface area (Å²) < 4.78 is 10.7. The zero-order chi connectivity index (χ0) is 17.6. The van der Waals surface area contributed by atoms with Gasteiger partial charge in [0.1, 0.15) is 29.2 Å². The number of hydrogen-bond donors (Lipinski definition) is 3. The van der Waals surface area contributed by atoms with Crippen LogP contribution in [-0.2, 0) is 13.0 Å². The summed E-state index contributed by atoms with van der Waals surface area (Å²) in [7, 11) is 5.44. The molecular weight excluding hydrogens is 338 g/mol. The summed E-state index contributed by atoms with van der Waals surface area (Å²) in [5.74, 6) is 1.40. The molecule has 1 unspecified atom stereocenters. The molecule has 25 heavy (non-hydrogen) atoms. The third-order valence-electron chi connectivity index (χ3n) is 4.88. The molecule has 3 N–H and O–H groups in total. The van der Waals surface area contributed by atoms with E-state index in [0.717, 1.165) is 41.4 Å². The average molecular weight is 360 g/mol. The molecule has 0 bridgehead atoms. The second kappa shape index (κ2) is 6.24. The molecule has 0 saturated carbocycles. The number of anilines is 1. The minimum atomic E-state index is -0.314. The van der Waals surface area contributed by atoms with Gasteiger partial charge in [0.15, 0.2) is 0 Å². The molecule has 0 radical (unpaired) electrons. The molecule has 2 aromatic rings. The number of carbonyl (C=O) groups is 1. The Balaban J connectivity index is 1.69. The second-order valence-corrected chi connectivity index (χ2v) is 7.61. The van der Waals surface area contributed by atoms with E-state index < -0.39 is 0 Å². The topological polar surface area (TPSA) is 64.0 Å². The van der Waals surface area contributed by atoms with Gasteiger partial charge in [0.2, 0.25) is 0 Å². The first-order chi connectivity index (χ1) is 12.1. The first-order valence-corrected chi connectivity index (χ1v) is 9.17. The summed E-state index contributed by atoms with van der Waals surface area (Å²) in [4.78, 5) is 15.6. The maximum absolute atomic E-state index is 12.8. The number of carbonyl (C=O) groups excluding carboxylic acids is 1. The number of rotatable bonds is 3. The lowest BCUT2D eigenvalue weighted by Crippen LogP contribution is -3.08. The van der Waals surface area contributed by atoms with Crippen LogP contribution in [0.15, 0.2) is 18.2 Å². The molecule has 6 nitrogen and oxygen atoms in total. The van der Waals surface area contributed by atoms with E-state index in [0.29, 0.717) is 5.75 Å². The van der Waals surface area contributed by atoms with E-state index in [1.54, 1.807) is 25.6 Å². The van der Waals surface area contributed by atoms with Crippen molar-refractivity contribution in [3.05, 3.63) is 39.8 Å². The summed E-state index contributed by atoms with van der Waals surface area (Å²) in [6, 6.07) is 5.63. The smallest absolute Gasteiger partial charge is 0.256 e. The quantitative estimate of drug-likeness (QED) is 0.769. The van der Waals surface area contributed by atoms with E-state index >= 15 is 0 Å². The Morgan fingerprint density at radius 2 is 2.08 bits per heavy atom. The van der Waals surface area contributed by atoms with Crippen LogP contribution < -0.4 is 25.0 Å². The number of thiophene rings is 1. The molecular formula is C18H22N3O3S+. The van der Waals surface area contributed by atoms with Crippen LogP contribution in [0.4, 0.5) is 5.00 Å². The SMILES string of the molecule is COc1ccc([C@H]2NC(=O)c3c(sc4c3CC[NH+](C)C4)N2)c(OC)c1. The lowest BCUT2D eigenvalue weighted by Gasteiger charge is -2.28. The number of benzene rings is 1. The Morgan fingerprint density at radius 3 is 2.84 bits per heavy atom. The van der Waals surface area contributed by atoms with Crippen molar-refractivity contribution in [3.63, 3.8) is 0 Å². The largest absolute Gasteiger partial charge is 0.497 e. The average Bonchev–Trinajstić information content (AvgIpc) is 2.98. The molecule has 2 atom stereocenters. The Bertz CT molecular complexity index is 833. The standard InChI is InChI=1S/C18H21N3O3S/c1-21-7-6-12-14(9-21)25-18-15(12)17(22)19-16(20-18)11-5-4-10(23-2)8-13(11)24-3/h4-5,8,16,20H,6-7,9H2,1-3H3,(H,19,22)/p+1/t16-/m0/s1. The van der Waals surface area contributed by atoms with Crippen LogP contribution in [0.5, 0.6) is 11.5 Å². The lowest BCUT2D eigenvalue weighted by molar-refractivity contribution is -0.895. The summed E-state index contributed by atoms with van der Waals surface area (Å²) >= 11 is 1.71. The number of hydrogen-bond acceptors (Lipinski definition) is 5. The van der Waals surface area contributed by atoms with Crippen molar-refractivity contribution in [1.29, 1.82) is 0 Å². The first-order valence-electron chi connectivity index (χ1n) is 8.36. The lowest BCUT2D eigenvalue weighted by atomic mass is 10.0. The minimum Gasteiger partial charge on any atom is -0.497 e. The summed E-state index contributed by atoms with van der Waals surface area (Å²) in [5.41, 5.74) is 2.93. The van der Waals surface area contributed by atoms with Crippen LogP contribution in [0.2, 0.25) is 0 Å². The normalized spacial score (nSPS) is 21.6. The van der Waals surface area contributed by atoms with Crippen LogP contribution >= 0.6 is 11.3 Å². The highest BCUT2D eigenvalue weighted by Crippen LogP contribution is 2.40. The van der Waals surface area contributed by atoms with Crippen molar-refractivity contribution in [2.45, 2.75) is 19.1 Å². The van der Waals surface area contributed by atoms with E-state index in [9.17, 15) is 4.79 Å². The van der Waals surface area contributed by atoms with Crippen LogP contribution in [0, 0.1) is 0 Å². The van der Waals surface area contributed by atoms with Gasteiger partial charge in [-0.05, 0) is 17.7 Å². The summed E-state index contributed by atoms with van der Waals surface area (Å²) in [5, 5.41) is 7.53. The highest BCUT2D eigenvalue weighted by Gasteiger charge is 2.34. The molecule has 132 valence electrons. The fraction of sp³-hybridized carbons (Fsp3) is 0.389. The van der Waals surface area contributed by atoms with Gasteiger partial charge in [0.05, 0.1) is 38.3 Å². The molecule has 1 aromatic carbocycles. The van der Waals surface area contributed by atoms with E-state index in [2.05, 4.69) is 17.7 Å². The number of methoxy groups -OCH3 is 2. The number of ether oxygens (including phenoxy) is 2. The monoisotopic (exact) mass is 360 g/mol. The zero-order valence-corrected chi connectivity index (χ0v) is 15.4. The highest BCUT2D eigenvalue weighted by molar-refractivity contribution is 7.16. The van der Waals surface area contributed by atoms with Crippen molar-refractivity contribution < 1.29 is 19.2 Å². The fourth-order valence-electron chi connectivity index (χ4n) is 3.55. The Labute approximate surface area is 150 Å². The van der Waals surface area contributed by atoms with Crippen molar-refractivity contribution in [2.75, 3.05) is 33.1 Å². The van der Waals surface area contributed by atoms with Crippen LogP contribution in [-0.4, -0.2) is 33.7 Å². The van der Waals surface area contributed by atoms with Gasteiger partial charge in [-0.3, -0.25) is 4.79 Å². The number of amides is 1. The van der Waals surface area contributed by atoms with Crippen LogP contribution in [0.3, 0.4) is 0 Å². The molecule has 4 rings (SSSR count). The summed E-state index contributed by atoms with van der Waals surface area (Å²) in [6.45, 7) is 2.05. The Kier molecular flexibility index (Phi) is 4.05. The van der Waals surface area contributed by atoms with Crippen molar-refractivity contribution in [3.8, 4) is 11.5 Å². The maximum Gasteiger partial charge on any atom is 0.256 e. The van der Waals surface area contributed by atoms with E-state index in [-0.39, 0.29) is 12.1 Å². The van der Waals surface area contributed by atoms with Gasteiger partial charge in [0, 0.05) is 18.1 Å². The van der Waals surface area contributed by atoms with Crippen LogP contribution in [0.25, 0.3) is 0 Å². The number of quaternary nitrogens is 1. The number of likely N-dealkylation sites (N-methyl/N-ethyl adjacent to an activating group) is 1. The molecule has 0 spiro atoms. The van der Waals surface area contributed by atoms with Gasteiger partial charge in [-0.2, -0.15) is 0 Å². The number of nitrogens with one attached hydrogen (secondary N) is 3. The molecule has 3 heterocycles. The predicted molar refractivity (Wildman–Crippen MR) is 96.9 cm³/mol. The minimum absolute atomic E-state index is 0.00586. The number of fused-ring (bicyclic) bond motifs is 3. The van der Waals surface area contributed by atoms with Gasteiger partial charge in [-0.1, -0.05) is 0 Å². The van der Waals surface area contributed by atoms with Crippen LogP contribution in [0.1, 0.15) is 32.5 Å².